The molecule has 2 aliphatic rings. The van der Waals surface area contributed by atoms with Crippen molar-refractivity contribution in [3.8, 4) is 0 Å². The van der Waals surface area contributed by atoms with E-state index >= 15 is 0 Å². The summed E-state index contributed by atoms with van der Waals surface area (Å²) < 4.78 is 12.6. The molecule has 1 aliphatic carbocycles. The van der Waals surface area contributed by atoms with Crippen LogP contribution in [0, 0.1) is 5.92 Å². The Morgan fingerprint density at radius 2 is 1.86 bits per heavy atom. The van der Waals surface area contributed by atoms with Crippen LogP contribution in [-0.4, -0.2) is 36.5 Å². The van der Waals surface area contributed by atoms with Gasteiger partial charge in [0.1, 0.15) is 0 Å². The maximum Gasteiger partial charge on any atom is 0.0812 e. The molecule has 2 fully saturated rings. The molecule has 0 amide bonds. The van der Waals surface area contributed by atoms with Crippen LogP contribution in [0.1, 0.15) is 73.1 Å². The van der Waals surface area contributed by atoms with Crippen molar-refractivity contribution in [2.45, 2.75) is 103 Å². The Labute approximate surface area is 131 Å². The monoisotopic (exact) mass is 297 g/mol. The zero-order chi connectivity index (χ0) is 15.5. The summed E-state index contributed by atoms with van der Waals surface area (Å²) in [5.41, 5.74) is 0.0450. The Hall–Kier alpha value is -0.120. The Morgan fingerprint density at radius 1 is 1.19 bits per heavy atom. The summed E-state index contributed by atoms with van der Waals surface area (Å²) in [7, 11) is 0. The standard InChI is InChI=1S/C18H35NO2/c1-13(2)19-12-18(8-6-7-14(3)11-18)21-17-9-15(4)20-16(5)10-17/h13-17,19H,6-12H2,1-5H3. The number of ether oxygens (including phenoxy) is 2. The van der Waals surface area contributed by atoms with E-state index in [1.165, 1.54) is 25.7 Å². The first-order chi connectivity index (χ1) is 9.88. The van der Waals surface area contributed by atoms with Crippen molar-refractivity contribution in [3.05, 3.63) is 0 Å². The van der Waals surface area contributed by atoms with Crippen LogP contribution in [0.5, 0.6) is 0 Å². The fourth-order valence-electron chi connectivity index (χ4n) is 4.11. The van der Waals surface area contributed by atoms with Crippen molar-refractivity contribution in [3.63, 3.8) is 0 Å². The molecule has 0 aromatic rings. The van der Waals surface area contributed by atoms with Crippen molar-refractivity contribution < 1.29 is 9.47 Å². The normalized spacial score (nSPS) is 41.4. The van der Waals surface area contributed by atoms with Crippen molar-refractivity contribution in [2.75, 3.05) is 6.54 Å². The maximum atomic E-state index is 6.74. The van der Waals surface area contributed by atoms with Crippen molar-refractivity contribution in [2.24, 2.45) is 5.92 Å². The molecule has 1 aliphatic heterocycles. The van der Waals surface area contributed by atoms with E-state index in [2.05, 4.69) is 39.9 Å². The molecule has 3 heteroatoms. The van der Waals surface area contributed by atoms with Gasteiger partial charge in [-0.1, -0.05) is 33.6 Å². The molecule has 0 aromatic carbocycles. The van der Waals surface area contributed by atoms with Gasteiger partial charge in [-0.15, -0.1) is 0 Å². The maximum absolute atomic E-state index is 6.74. The third-order valence-corrected chi connectivity index (χ3v) is 4.95. The van der Waals surface area contributed by atoms with E-state index in [4.69, 9.17) is 9.47 Å². The molecule has 1 saturated carbocycles. The molecular formula is C18H35NO2. The molecule has 0 spiro atoms. The molecule has 124 valence electrons. The van der Waals surface area contributed by atoms with Gasteiger partial charge >= 0.3 is 0 Å². The van der Waals surface area contributed by atoms with Crippen LogP contribution >= 0.6 is 0 Å². The van der Waals surface area contributed by atoms with Gasteiger partial charge in [-0.2, -0.15) is 0 Å². The SMILES string of the molecule is CC1CCCC(CNC(C)C)(OC2CC(C)OC(C)C2)C1. The second-order valence-corrected chi connectivity index (χ2v) is 7.89. The lowest BCUT2D eigenvalue weighted by atomic mass is 9.78. The molecule has 2 rings (SSSR count). The van der Waals surface area contributed by atoms with Crippen molar-refractivity contribution >= 4 is 0 Å². The van der Waals surface area contributed by atoms with Crippen LogP contribution in [0.15, 0.2) is 0 Å². The predicted molar refractivity (Wildman–Crippen MR) is 87.6 cm³/mol. The van der Waals surface area contributed by atoms with Gasteiger partial charge in [-0.25, -0.2) is 0 Å². The molecule has 4 unspecified atom stereocenters. The molecule has 0 aromatic heterocycles. The summed E-state index contributed by atoms with van der Waals surface area (Å²) in [4.78, 5) is 0. The summed E-state index contributed by atoms with van der Waals surface area (Å²) in [5, 5.41) is 3.63. The number of rotatable bonds is 5. The van der Waals surface area contributed by atoms with Crippen LogP contribution in [0.3, 0.4) is 0 Å². The predicted octanol–water partition coefficient (Wildman–Crippen LogP) is 3.91. The summed E-state index contributed by atoms with van der Waals surface area (Å²) >= 11 is 0. The minimum atomic E-state index is 0.0450. The van der Waals surface area contributed by atoms with E-state index in [0.717, 1.165) is 25.3 Å². The van der Waals surface area contributed by atoms with Gasteiger partial charge in [0, 0.05) is 12.6 Å². The Bertz CT molecular complexity index is 310. The highest BCUT2D eigenvalue weighted by Gasteiger charge is 2.39. The minimum Gasteiger partial charge on any atom is -0.375 e. The molecule has 0 radical (unpaired) electrons. The first-order valence-electron chi connectivity index (χ1n) is 8.95. The quantitative estimate of drug-likeness (QED) is 0.834. The van der Waals surface area contributed by atoms with Gasteiger partial charge in [0.2, 0.25) is 0 Å². The highest BCUT2D eigenvalue weighted by Crippen LogP contribution is 2.38. The third-order valence-electron chi connectivity index (χ3n) is 4.95. The molecular weight excluding hydrogens is 262 g/mol. The van der Waals surface area contributed by atoms with Gasteiger partial charge < -0.3 is 14.8 Å². The fraction of sp³-hybridized carbons (Fsp3) is 1.00. The zero-order valence-corrected chi connectivity index (χ0v) is 14.7. The Kier molecular flexibility index (Phi) is 6.10. The summed E-state index contributed by atoms with van der Waals surface area (Å²) in [6, 6.07) is 0.523. The molecule has 21 heavy (non-hydrogen) atoms. The van der Waals surface area contributed by atoms with Crippen LogP contribution in [0.25, 0.3) is 0 Å². The number of hydrogen-bond acceptors (Lipinski definition) is 3. The van der Waals surface area contributed by atoms with E-state index < -0.39 is 0 Å². The van der Waals surface area contributed by atoms with E-state index in [1.54, 1.807) is 0 Å². The molecule has 4 atom stereocenters. The third kappa shape index (κ3) is 5.22. The van der Waals surface area contributed by atoms with Crippen LogP contribution in [0.2, 0.25) is 0 Å². The van der Waals surface area contributed by atoms with E-state index in [0.29, 0.717) is 24.4 Å². The van der Waals surface area contributed by atoms with Crippen LogP contribution in [0.4, 0.5) is 0 Å². The second kappa shape index (κ2) is 7.43. The topological polar surface area (TPSA) is 30.5 Å². The number of nitrogens with one attached hydrogen (secondary N) is 1. The highest BCUT2D eigenvalue weighted by atomic mass is 16.5. The molecule has 3 nitrogen and oxygen atoms in total. The fourth-order valence-corrected chi connectivity index (χ4v) is 4.11. The van der Waals surface area contributed by atoms with Crippen molar-refractivity contribution in [1.29, 1.82) is 0 Å². The lowest BCUT2D eigenvalue weighted by Crippen LogP contribution is -2.51. The summed E-state index contributed by atoms with van der Waals surface area (Å²) in [5.74, 6) is 0.780. The Balaban J connectivity index is 2.00. The first-order valence-corrected chi connectivity index (χ1v) is 8.95. The van der Waals surface area contributed by atoms with Crippen molar-refractivity contribution in [1.82, 2.24) is 5.32 Å². The highest BCUT2D eigenvalue weighted by molar-refractivity contribution is 4.91. The lowest BCUT2D eigenvalue weighted by Gasteiger charge is -2.45. The zero-order valence-electron chi connectivity index (χ0n) is 14.7. The van der Waals surface area contributed by atoms with E-state index in [1.807, 2.05) is 0 Å². The smallest absolute Gasteiger partial charge is 0.0812 e. The van der Waals surface area contributed by atoms with E-state index in [-0.39, 0.29) is 5.60 Å². The van der Waals surface area contributed by atoms with E-state index in [9.17, 15) is 0 Å². The van der Waals surface area contributed by atoms with Crippen LogP contribution < -0.4 is 5.32 Å². The van der Waals surface area contributed by atoms with Crippen LogP contribution in [-0.2, 0) is 9.47 Å². The molecule has 0 bridgehead atoms. The molecule has 1 heterocycles. The van der Waals surface area contributed by atoms with Gasteiger partial charge in [0.15, 0.2) is 0 Å². The second-order valence-electron chi connectivity index (χ2n) is 7.89. The largest absolute Gasteiger partial charge is 0.375 e. The van der Waals surface area contributed by atoms with Gasteiger partial charge in [0.05, 0.1) is 23.9 Å². The van der Waals surface area contributed by atoms with Gasteiger partial charge in [0.25, 0.3) is 0 Å². The summed E-state index contributed by atoms with van der Waals surface area (Å²) in [6.07, 6.45) is 8.17. The van der Waals surface area contributed by atoms with Gasteiger partial charge in [-0.3, -0.25) is 0 Å². The minimum absolute atomic E-state index is 0.0450. The first kappa shape index (κ1) is 17.2. The summed E-state index contributed by atoms with van der Waals surface area (Å²) in [6.45, 7) is 12.2. The lowest BCUT2D eigenvalue weighted by molar-refractivity contribution is -0.171. The Morgan fingerprint density at radius 3 is 2.43 bits per heavy atom. The van der Waals surface area contributed by atoms with Gasteiger partial charge in [-0.05, 0) is 45.4 Å². The average Bonchev–Trinajstić information content (AvgIpc) is 2.35. The average molecular weight is 297 g/mol. The molecule has 1 saturated heterocycles. The number of hydrogen-bond donors (Lipinski definition) is 1. The molecule has 1 N–H and O–H groups in total.